The minimum absolute atomic E-state index is 0.0412. The highest BCUT2D eigenvalue weighted by atomic mass is 32.2. The van der Waals surface area contributed by atoms with E-state index in [-0.39, 0.29) is 30.0 Å². The Kier molecular flexibility index (Phi) is 4.04. The van der Waals surface area contributed by atoms with Crippen LogP contribution in [0.4, 0.5) is 5.69 Å². The third-order valence-corrected chi connectivity index (χ3v) is 5.40. The molecule has 0 radical (unpaired) electrons. The fraction of sp³-hybridized carbons (Fsp3) is 0.500. The summed E-state index contributed by atoms with van der Waals surface area (Å²) in [5, 5.41) is 3.02. The molecular formula is C14H20N2O3S. The molecule has 1 heterocycles. The second kappa shape index (κ2) is 5.44. The smallest absolute Gasteiger partial charge is 0.256 e. The van der Waals surface area contributed by atoms with Crippen LogP contribution in [-0.4, -0.2) is 50.4 Å². The first kappa shape index (κ1) is 14.8. The Bertz CT molecular complexity index is 625. The number of benzene rings is 1. The predicted octanol–water partition coefficient (Wildman–Crippen LogP) is 1.30. The van der Waals surface area contributed by atoms with Gasteiger partial charge in [-0.15, -0.1) is 0 Å². The average Bonchev–Trinajstić information content (AvgIpc) is 2.36. The molecule has 1 saturated heterocycles. The Morgan fingerprint density at radius 3 is 2.70 bits per heavy atom. The number of carbonyl (C=O) groups is 1. The SMILES string of the molecule is CNc1cc(C)ccc1C(=O)N1CCS(=O)(=O)CC1C. The molecular weight excluding hydrogens is 276 g/mol. The third kappa shape index (κ3) is 2.95. The highest BCUT2D eigenvalue weighted by Crippen LogP contribution is 2.22. The van der Waals surface area contributed by atoms with Crippen LogP contribution < -0.4 is 5.32 Å². The lowest BCUT2D eigenvalue weighted by atomic mass is 10.1. The van der Waals surface area contributed by atoms with Gasteiger partial charge in [0.1, 0.15) is 0 Å². The summed E-state index contributed by atoms with van der Waals surface area (Å²) in [5.74, 6) is -0.0275. The number of nitrogens with one attached hydrogen (secondary N) is 1. The molecule has 1 aliphatic rings. The summed E-state index contributed by atoms with van der Waals surface area (Å²) < 4.78 is 23.2. The second-order valence-corrected chi connectivity index (χ2v) is 7.49. The van der Waals surface area contributed by atoms with Gasteiger partial charge in [-0.05, 0) is 31.5 Å². The Labute approximate surface area is 119 Å². The number of aryl methyl sites for hydroxylation is 1. The Balaban J connectivity index is 2.28. The average molecular weight is 296 g/mol. The third-order valence-electron chi connectivity index (χ3n) is 3.61. The number of carbonyl (C=O) groups excluding carboxylic acids is 1. The van der Waals surface area contributed by atoms with Gasteiger partial charge in [-0.2, -0.15) is 0 Å². The van der Waals surface area contributed by atoms with Gasteiger partial charge in [0.15, 0.2) is 9.84 Å². The quantitative estimate of drug-likeness (QED) is 0.893. The van der Waals surface area contributed by atoms with E-state index < -0.39 is 9.84 Å². The van der Waals surface area contributed by atoms with Crippen LogP contribution in [0.3, 0.4) is 0 Å². The molecule has 1 aromatic rings. The minimum atomic E-state index is -3.01. The summed E-state index contributed by atoms with van der Waals surface area (Å²) >= 11 is 0. The van der Waals surface area contributed by atoms with Gasteiger partial charge < -0.3 is 10.2 Å². The van der Waals surface area contributed by atoms with E-state index in [1.54, 1.807) is 24.9 Å². The molecule has 1 N–H and O–H groups in total. The molecule has 1 atom stereocenters. The van der Waals surface area contributed by atoms with E-state index in [1.165, 1.54) is 0 Å². The largest absolute Gasteiger partial charge is 0.387 e. The molecule has 1 aliphatic heterocycles. The molecule has 1 unspecified atom stereocenters. The van der Waals surface area contributed by atoms with E-state index in [0.717, 1.165) is 11.3 Å². The molecule has 0 spiro atoms. The first-order valence-corrected chi connectivity index (χ1v) is 8.46. The van der Waals surface area contributed by atoms with Gasteiger partial charge >= 0.3 is 0 Å². The predicted molar refractivity (Wildman–Crippen MR) is 79.9 cm³/mol. The molecule has 110 valence electrons. The summed E-state index contributed by atoms with van der Waals surface area (Å²) in [6.07, 6.45) is 0. The fourth-order valence-electron chi connectivity index (χ4n) is 2.51. The summed E-state index contributed by atoms with van der Waals surface area (Å²) in [7, 11) is -1.24. The van der Waals surface area contributed by atoms with Gasteiger partial charge in [0.2, 0.25) is 0 Å². The van der Waals surface area contributed by atoms with Crippen LogP contribution >= 0.6 is 0 Å². The monoisotopic (exact) mass is 296 g/mol. The van der Waals surface area contributed by atoms with Crippen molar-refractivity contribution in [1.29, 1.82) is 0 Å². The van der Waals surface area contributed by atoms with Crippen LogP contribution in [-0.2, 0) is 9.84 Å². The first-order valence-electron chi connectivity index (χ1n) is 6.64. The van der Waals surface area contributed by atoms with E-state index in [9.17, 15) is 13.2 Å². The number of amides is 1. The van der Waals surface area contributed by atoms with Crippen LogP contribution in [0.1, 0.15) is 22.8 Å². The van der Waals surface area contributed by atoms with Gasteiger partial charge in [-0.3, -0.25) is 4.79 Å². The van der Waals surface area contributed by atoms with Crippen LogP contribution in [0.15, 0.2) is 18.2 Å². The van der Waals surface area contributed by atoms with Crippen molar-refractivity contribution in [1.82, 2.24) is 4.90 Å². The number of anilines is 1. The van der Waals surface area contributed by atoms with E-state index in [1.807, 2.05) is 19.1 Å². The fourth-order valence-corrected chi connectivity index (χ4v) is 4.06. The number of hydrogen-bond donors (Lipinski definition) is 1. The van der Waals surface area contributed by atoms with Crippen molar-refractivity contribution in [2.75, 3.05) is 30.4 Å². The van der Waals surface area contributed by atoms with Crippen molar-refractivity contribution in [3.05, 3.63) is 29.3 Å². The maximum atomic E-state index is 12.6. The zero-order chi connectivity index (χ0) is 14.9. The van der Waals surface area contributed by atoms with E-state index in [0.29, 0.717) is 5.56 Å². The zero-order valence-electron chi connectivity index (χ0n) is 12.0. The van der Waals surface area contributed by atoms with Gasteiger partial charge in [-0.25, -0.2) is 8.42 Å². The summed E-state index contributed by atoms with van der Waals surface area (Å²) in [6.45, 7) is 4.01. The molecule has 0 aromatic heterocycles. The van der Waals surface area contributed by atoms with Crippen molar-refractivity contribution in [2.24, 2.45) is 0 Å². The molecule has 20 heavy (non-hydrogen) atoms. The highest BCUT2D eigenvalue weighted by Gasteiger charge is 2.32. The molecule has 1 amide bonds. The molecule has 0 aliphatic carbocycles. The van der Waals surface area contributed by atoms with Gasteiger partial charge in [0.05, 0.1) is 17.1 Å². The van der Waals surface area contributed by atoms with E-state index in [2.05, 4.69) is 5.32 Å². The number of hydrogen-bond acceptors (Lipinski definition) is 4. The molecule has 1 fully saturated rings. The molecule has 2 rings (SSSR count). The van der Waals surface area contributed by atoms with Crippen LogP contribution in [0.5, 0.6) is 0 Å². The van der Waals surface area contributed by atoms with Crippen molar-refractivity contribution in [3.63, 3.8) is 0 Å². The number of rotatable bonds is 2. The van der Waals surface area contributed by atoms with E-state index in [4.69, 9.17) is 0 Å². The summed E-state index contributed by atoms with van der Waals surface area (Å²) in [4.78, 5) is 14.2. The highest BCUT2D eigenvalue weighted by molar-refractivity contribution is 7.91. The molecule has 6 heteroatoms. The van der Waals surface area contributed by atoms with Crippen LogP contribution in [0.25, 0.3) is 0 Å². The maximum Gasteiger partial charge on any atom is 0.256 e. The van der Waals surface area contributed by atoms with Crippen LogP contribution in [0, 0.1) is 6.92 Å². The Morgan fingerprint density at radius 1 is 1.40 bits per heavy atom. The molecule has 5 nitrogen and oxygen atoms in total. The standard InChI is InChI=1S/C14H20N2O3S/c1-10-4-5-12(13(8-10)15-3)14(17)16-6-7-20(18,19)9-11(16)2/h4-5,8,11,15H,6-7,9H2,1-3H3. The Hall–Kier alpha value is -1.56. The summed E-state index contributed by atoms with van der Waals surface area (Å²) in [6, 6.07) is 5.31. The zero-order valence-corrected chi connectivity index (χ0v) is 12.8. The normalized spacial score (nSPS) is 21.6. The molecule has 1 aromatic carbocycles. The molecule has 0 bridgehead atoms. The van der Waals surface area contributed by atoms with Gasteiger partial charge in [0, 0.05) is 25.3 Å². The lowest BCUT2D eigenvalue weighted by Gasteiger charge is -2.33. The topological polar surface area (TPSA) is 66.5 Å². The van der Waals surface area contributed by atoms with Crippen molar-refractivity contribution in [3.8, 4) is 0 Å². The first-order chi connectivity index (χ1) is 9.34. The second-order valence-electron chi connectivity index (χ2n) is 5.26. The maximum absolute atomic E-state index is 12.6. The Morgan fingerprint density at radius 2 is 2.10 bits per heavy atom. The van der Waals surface area contributed by atoms with Gasteiger partial charge in [-0.1, -0.05) is 6.07 Å². The van der Waals surface area contributed by atoms with E-state index >= 15 is 0 Å². The summed E-state index contributed by atoms with van der Waals surface area (Å²) in [5.41, 5.74) is 2.43. The number of nitrogens with zero attached hydrogens (tertiary/aromatic N) is 1. The lowest BCUT2D eigenvalue weighted by molar-refractivity contribution is 0.0713. The lowest BCUT2D eigenvalue weighted by Crippen LogP contribution is -2.49. The van der Waals surface area contributed by atoms with Crippen molar-refractivity contribution >= 4 is 21.4 Å². The number of sulfone groups is 1. The van der Waals surface area contributed by atoms with Crippen LogP contribution in [0.2, 0.25) is 0 Å². The van der Waals surface area contributed by atoms with Gasteiger partial charge in [0.25, 0.3) is 5.91 Å². The van der Waals surface area contributed by atoms with Crippen molar-refractivity contribution < 1.29 is 13.2 Å². The van der Waals surface area contributed by atoms with Crippen molar-refractivity contribution in [2.45, 2.75) is 19.9 Å². The molecule has 0 saturated carbocycles. The minimum Gasteiger partial charge on any atom is -0.387 e.